The Labute approximate surface area is 246 Å². The molecule has 0 aromatic heterocycles. The lowest BCUT2D eigenvalue weighted by Crippen LogP contribution is -2.57. The lowest BCUT2D eigenvalue weighted by Gasteiger charge is -2.44. The Morgan fingerprint density at radius 1 is 1.12 bits per heavy atom. The molecule has 4 rings (SSSR count). The number of nitrogens with one attached hydrogen (secondary N) is 1. The van der Waals surface area contributed by atoms with Gasteiger partial charge in [-0.05, 0) is 37.0 Å². The number of likely N-dealkylation sites (tertiary alicyclic amines) is 1. The van der Waals surface area contributed by atoms with E-state index in [1.807, 2.05) is 66.7 Å². The minimum Gasteiger partial charge on any atom is -0.507 e. The van der Waals surface area contributed by atoms with E-state index < -0.39 is 23.5 Å². The van der Waals surface area contributed by atoms with Gasteiger partial charge in [-0.1, -0.05) is 60.7 Å². The van der Waals surface area contributed by atoms with Crippen molar-refractivity contribution in [3.05, 3.63) is 95.1 Å². The molecule has 3 aromatic carbocycles. The molecule has 3 aromatic rings. The first-order valence-corrected chi connectivity index (χ1v) is 13.7. The van der Waals surface area contributed by atoms with Gasteiger partial charge in [0.15, 0.2) is 0 Å². The molecule has 10 nitrogen and oxygen atoms in total. The minimum absolute atomic E-state index is 0. The number of carbonyl (C=O) groups is 2. The second-order valence-corrected chi connectivity index (χ2v) is 10.9. The van der Waals surface area contributed by atoms with Crippen molar-refractivity contribution in [1.29, 1.82) is 5.26 Å². The Morgan fingerprint density at radius 3 is 2.19 bits per heavy atom. The predicted molar refractivity (Wildman–Crippen MR) is 161 cm³/mol. The molecule has 222 valence electrons. The van der Waals surface area contributed by atoms with E-state index in [0.717, 1.165) is 11.1 Å². The van der Waals surface area contributed by atoms with Gasteiger partial charge in [0, 0.05) is 39.3 Å². The highest BCUT2D eigenvalue weighted by molar-refractivity contribution is 5.98. The SMILES string of the molecule is CC(CC(C(=O)N(C)C)(c1ccccc1)c1ccccc1)N1CC[C@@H](NC(=O)c2cc(C#N)c(N)cc2O)[C@H](O)C1.O. The first-order valence-electron chi connectivity index (χ1n) is 13.7. The molecular weight excluding hydrogens is 534 g/mol. The average molecular weight is 574 g/mol. The standard InChI is InChI=1S/C32H37N5O4.H2O/c1-21(18-32(31(41)36(2)3,23-10-6-4-7-11-23)24-12-8-5-9-13-24)37-15-14-27(29(39)20-37)35-30(40)25-16-22(19-33)26(34)17-28(25)38;/h4-13,16-17,21,27,29,38-39H,14-15,18,20,34H2,1-3H3,(H,35,40);1H2/t21?,27-,29-;/m1./s1. The van der Waals surface area contributed by atoms with E-state index in [9.17, 15) is 25.1 Å². The second-order valence-electron chi connectivity index (χ2n) is 10.9. The van der Waals surface area contributed by atoms with Crippen LogP contribution in [0.15, 0.2) is 72.8 Å². The zero-order chi connectivity index (χ0) is 29.7. The second kappa shape index (κ2) is 13.5. The van der Waals surface area contributed by atoms with Crippen molar-refractivity contribution < 1.29 is 25.3 Å². The monoisotopic (exact) mass is 573 g/mol. The van der Waals surface area contributed by atoms with Gasteiger partial charge in [0.25, 0.3) is 5.91 Å². The number of phenols is 1. The predicted octanol–water partition coefficient (Wildman–Crippen LogP) is 2.04. The number of hydrogen-bond donors (Lipinski definition) is 4. The summed E-state index contributed by atoms with van der Waals surface area (Å²) < 4.78 is 0. The molecule has 0 spiro atoms. The highest BCUT2D eigenvalue weighted by Crippen LogP contribution is 2.40. The minimum atomic E-state index is -0.938. The molecule has 42 heavy (non-hydrogen) atoms. The third-order valence-corrected chi connectivity index (χ3v) is 7.99. The number of nitrogen functional groups attached to an aromatic ring is 1. The van der Waals surface area contributed by atoms with Crippen LogP contribution in [-0.2, 0) is 10.2 Å². The normalized spacial score (nSPS) is 17.8. The van der Waals surface area contributed by atoms with E-state index >= 15 is 0 Å². The summed E-state index contributed by atoms with van der Waals surface area (Å²) in [5.41, 5.74) is 6.68. The Bertz CT molecular complexity index is 1380. The number of aliphatic hydroxyl groups excluding tert-OH is 1. The van der Waals surface area contributed by atoms with E-state index in [4.69, 9.17) is 5.73 Å². The summed E-state index contributed by atoms with van der Waals surface area (Å²) >= 11 is 0. The van der Waals surface area contributed by atoms with Crippen molar-refractivity contribution in [1.82, 2.24) is 15.1 Å². The van der Waals surface area contributed by atoms with Crippen LogP contribution in [0.2, 0.25) is 0 Å². The number of phenolic OH excluding ortho intramolecular Hbond substituents is 1. The van der Waals surface area contributed by atoms with Gasteiger partial charge in [0.2, 0.25) is 5.91 Å². The largest absolute Gasteiger partial charge is 0.507 e. The first kappa shape index (κ1) is 32.1. The molecule has 1 saturated heterocycles. The zero-order valence-corrected chi connectivity index (χ0v) is 24.1. The van der Waals surface area contributed by atoms with Crippen molar-refractivity contribution in [2.45, 2.75) is 43.4 Å². The molecule has 1 aliphatic rings. The molecule has 1 fully saturated rings. The maximum Gasteiger partial charge on any atom is 0.255 e. The van der Waals surface area contributed by atoms with E-state index in [1.54, 1.807) is 19.0 Å². The Balaban J connectivity index is 0.00000484. The van der Waals surface area contributed by atoms with Gasteiger partial charge in [0.05, 0.1) is 29.0 Å². The number of likely N-dealkylation sites (N-methyl/N-ethyl adjacent to an activating group) is 1. The van der Waals surface area contributed by atoms with Crippen LogP contribution in [-0.4, -0.2) is 82.7 Å². The number of aromatic hydroxyl groups is 1. The van der Waals surface area contributed by atoms with E-state index in [1.165, 1.54) is 12.1 Å². The van der Waals surface area contributed by atoms with Gasteiger partial charge in [-0.15, -0.1) is 0 Å². The highest BCUT2D eigenvalue weighted by Gasteiger charge is 2.45. The fourth-order valence-corrected chi connectivity index (χ4v) is 5.79. The van der Waals surface area contributed by atoms with E-state index in [2.05, 4.69) is 17.1 Å². The van der Waals surface area contributed by atoms with Crippen LogP contribution >= 0.6 is 0 Å². The smallest absolute Gasteiger partial charge is 0.255 e. The summed E-state index contributed by atoms with van der Waals surface area (Å²) in [5.74, 6) is -0.943. The van der Waals surface area contributed by atoms with Gasteiger partial charge in [-0.2, -0.15) is 5.26 Å². The summed E-state index contributed by atoms with van der Waals surface area (Å²) in [5, 5.41) is 33.3. The summed E-state index contributed by atoms with van der Waals surface area (Å²) in [6.07, 6.45) is 0.0652. The number of rotatable bonds is 8. The number of aliphatic hydroxyl groups is 1. The van der Waals surface area contributed by atoms with Crippen LogP contribution in [0.4, 0.5) is 5.69 Å². The molecule has 0 radical (unpaired) electrons. The van der Waals surface area contributed by atoms with Gasteiger partial charge in [0.1, 0.15) is 17.2 Å². The number of nitrogens with two attached hydrogens (primary N) is 1. The maximum absolute atomic E-state index is 14.0. The van der Waals surface area contributed by atoms with Crippen molar-refractivity contribution >= 4 is 17.5 Å². The molecule has 1 unspecified atom stereocenters. The molecule has 0 bridgehead atoms. The number of carbonyl (C=O) groups excluding carboxylic acids is 2. The van der Waals surface area contributed by atoms with Crippen LogP contribution in [0, 0.1) is 11.3 Å². The number of benzene rings is 3. The lowest BCUT2D eigenvalue weighted by atomic mass is 9.69. The number of β-amino-alcohol motifs (C(OH)–C–C–N with tert-alkyl or cyclic N) is 1. The average Bonchev–Trinajstić information content (AvgIpc) is 2.97. The maximum atomic E-state index is 14.0. The molecule has 3 atom stereocenters. The summed E-state index contributed by atoms with van der Waals surface area (Å²) in [6.45, 7) is 2.93. The van der Waals surface area contributed by atoms with Crippen LogP contribution in [0.25, 0.3) is 0 Å². The third kappa shape index (κ3) is 6.39. The van der Waals surface area contributed by atoms with Crippen molar-refractivity contribution in [2.24, 2.45) is 0 Å². The van der Waals surface area contributed by atoms with E-state index in [-0.39, 0.29) is 40.0 Å². The lowest BCUT2D eigenvalue weighted by molar-refractivity contribution is -0.134. The van der Waals surface area contributed by atoms with Crippen LogP contribution < -0.4 is 11.1 Å². The Kier molecular flexibility index (Phi) is 10.3. The number of piperidine rings is 1. The highest BCUT2D eigenvalue weighted by atomic mass is 16.3. The Morgan fingerprint density at radius 2 is 1.69 bits per heavy atom. The summed E-state index contributed by atoms with van der Waals surface area (Å²) in [7, 11) is 3.54. The number of hydrogen-bond acceptors (Lipinski definition) is 7. The van der Waals surface area contributed by atoms with E-state index in [0.29, 0.717) is 25.9 Å². The van der Waals surface area contributed by atoms with Crippen LogP contribution in [0.3, 0.4) is 0 Å². The number of amides is 2. The third-order valence-electron chi connectivity index (χ3n) is 7.99. The number of anilines is 1. The van der Waals surface area contributed by atoms with Gasteiger partial charge in [-0.25, -0.2) is 0 Å². The van der Waals surface area contributed by atoms with Gasteiger partial charge in [-0.3, -0.25) is 14.5 Å². The fraction of sp³-hybridized carbons (Fsp3) is 0.344. The molecular formula is C32H39N5O5. The molecule has 0 aliphatic carbocycles. The first-order chi connectivity index (χ1) is 19.6. The molecule has 0 saturated carbocycles. The van der Waals surface area contributed by atoms with Crippen molar-refractivity contribution in [3.8, 4) is 11.8 Å². The zero-order valence-electron chi connectivity index (χ0n) is 24.1. The topological polar surface area (TPSA) is 174 Å². The quantitative estimate of drug-likeness (QED) is 0.298. The summed E-state index contributed by atoms with van der Waals surface area (Å²) in [6, 6.07) is 23.3. The molecule has 7 N–H and O–H groups in total. The molecule has 1 aliphatic heterocycles. The van der Waals surface area contributed by atoms with Crippen molar-refractivity contribution in [2.75, 3.05) is 32.9 Å². The summed E-state index contributed by atoms with van der Waals surface area (Å²) in [4.78, 5) is 30.7. The van der Waals surface area contributed by atoms with Gasteiger partial charge >= 0.3 is 0 Å². The number of nitriles is 1. The van der Waals surface area contributed by atoms with Crippen molar-refractivity contribution in [3.63, 3.8) is 0 Å². The molecule has 2 amide bonds. The van der Waals surface area contributed by atoms with Crippen LogP contribution in [0.1, 0.15) is 46.8 Å². The number of nitrogens with zero attached hydrogens (tertiary/aromatic N) is 3. The van der Waals surface area contributed by atoms with Gasteiger partial charge < -0.3 is 31.6 Å². The fourth-order valence-electron chi connectivity index (χ4n) is 5.79. The molecule has 10 heteroatoms. The van der Waals surface area contributed by atoms with Crippen LogP contribution in [0.5, 0.6) is 5.75 Å². The molecule has 1 heterocycles. The Hall–Kier alpha value is -4.43.